The zero-order chi connectivity index (χ0) is 20.6. The van der Waals surface area contributed by atoms with Crippen molar-refractivity contribution in [2.24, 2.45) is 4.99 Å². The van der Waals surface area contributed by atoms with Gasteiger partial charge in [-0.1, -0.05) is 12.1 Å². The van der Waals surface area contributed by atoms with E-state index in [4.69, 9.17) is 0 Å². The Labute approximate surface area is 198 Å². The Morgan fingerprint density at radius 3 is 2.50 bits per heavy atom. The maximum absolute atomic E-state index is 12.3. The molecule has 0 spiro atoms. The van der Waals surface area contributed by atoms with Gasteiger partial charge in [-0.05, 0) is 57.2 Å². The van der Waals surface area contributed by atoms with Gasteiger partial charge < -0.3 is 25.8 Å². The number of nitrogens with one attached hydrogen (secondary N) is 3. The zero-order valence-corrected chi connectivity index (χ0v) is 20.8. The lowest BCUT2D eigenvalue weighted by Gasteiger charge is -2.35. The predicted molar refractivity (Wildman–Crippen MR) is 135 cm³/mol. The highest BCUT2D eigenvalue weighted by Gasteiger charge is 2.21. The number of piperidine rings is 1. The summed E-state index contributed by atoms with van der Waals surface area (Å²) >= 11 is 0. The largest absolute Gasteiger partial charge is 0.354 e. The molecule has 0 saturated carbocycles. The quantitative estimate of drug-likeness (QED) is 0.311. The Bertz CT molecular complexity index is 697. The van der Waals surface area contributed by atoms with Crippen LogP contribution < -0.4 is 16.0 Å². The van der Waals surface area contributed by atoms with Gasteiger partial charge in [-0.3, -0.25) is 4.99 Å². The molecule has 2 heterocycles. The number of likely N-dealkylation sites (tertiary alicyclic amines) is 2. The highest BCUT2D eigenvalue weighted by molar-refractivity contribution is 14.0. The van der Waals surface area contributed by atoms with Crippen LogP contribution in [0.3, 0.4) is 0 Å². The fourth-order valence-corrected chi connectivity index (χ4v) is 4.02. The van der Waals surface area contributed by atoms with E-state index in [1.54, 1.807) is 0 Å². The third-order valence-corrected chi connectivity index (χ3v) is 5.86. The molecule has 8 heteroatoms. The van der Waals surface area contributed by atoms with Gasteiger partial charge in [-0.2, -0.15) is 0 Å². The minimum absolute atomic E-state index is 0. The van der Waals surface area contributed by atoms with Crippen LogP contribution in [0.2, 0.25) is 0 Å². The van der Waals surface area contributed by atoms with Gasteiger partial charge in [-0.25, -0.2) is 4.79 Å². The number of anilines is 1. The summed E-state index contributed by atoms with van der Waals surface area (Å²) in [5.41, 5.74) is 1.95. The smallest absolute Gasteiger partial charge is 0.321 e. The summed E-state index contributed by atoms with van der Waals surface area (Å²) in [6.45, 7) is 9.15. The lowest BCUT2D eigenvalue weighted by molar-refractivity contribution is 0.167. The standard InChI is InChI=1S/C22H36N6O.HI/c1-17(2)27-13-9-19(10-14-27)25-21(23-3)24-16-18-7-6-8-20(15-18)26-22(29)28-11-4-5-12-28;/h6-8,15,17,19H,4-5,9-14,16H2,1-3H3,(H,26,29)(H2,23,24,25);1H. The number of hydrogen-bond acceptors (Lipinski definition) is 3. The number of amides is 2. The monoisotopic (exact) mass is 528 g/mol. The third-order valence-electron chi connectivity index (χ3n) is 5.86. The van der Waals surface area contributed by atoms with E-state index in [0.29, 0.717) is 18.6 Å². The number of hydrogen-bond donors (Lipinski definition) is 3. The zero-order valence-electron chi connectivity index (χ0n) is 18.5. The highest BCUT2D eigenvalue weighted by Crippen LogP contribution is 2.15. The van der Waals surface area contributed by atoms with E-state index in [0.717, 1.165) is 69.1 Å². The van der Waals surface area contributed by atoms with Gasteiger partial charge in [0.1, 0.15) is 0 Å². The molecular weight excluding hydrogens is 491 g/mol. The lowest BCUT2D eigenvalue weighted by Crippen LogP contribution is -2.49. The van der Waals surface area contributed by atoms with Crippen LogP contribution in [-0.4, -0.2) is 67.1 Å². The summed E-state index contributed by atoms with van der Waals surface area (Å²) < 4.78 is 0. The van der Waals surface area contributed by atoms with Gasteiger partial charge in [0, 0.05) is 57.5 Å². The Balaban J connectivity index is 0.00000320. The molecule has 2 aliphatic rings. The molecule has 2 fully saturated rings. The molecule has 30 heavy (non-hydrogen) atoms. The molecule has 168 valence electrons. The van der Waals surface area contributed by atoms with E-state index < -0.39 is 0 Å². The molecule has 7 nitrogen and oxygen atoms in total. The molecule has 3 rings (SSSR count). The molecule has 2 aliphatic heterocycles. The maximum Gasteiger partial charge on any atom is 0.321 e. The second-order valence-corrected chi connectivity index (χ2v) is 8.30. The van der Waals surface area contributed by atoms with Crippen molar-refractivity contribution < 1.29 is 4.79 Å². The molecule has 1 aromatic rings. The number of carbonyl (C=O) groups excluding carboxylic acids is 1. The van der Waals surface area contributed by atoms with Gasteiger partial charge in [0.05, 0.1) is 0 Å². The highest BCUT2D eigenvalue weighted by atomic mass is 127. The predicted octanol–water partition coefficient (Wildman–Crippen LogP) is 3.47. The van der Waals surface area contributed by atoms with Crippen molar-refractivity contribution in [2.45, 2.75) is 58.2 Å². The van der Waals surface area contributed by atoms with Gasteiger partial charge >= 0.3 is 6.03 Å². The Hall–Kier alpha value is -1.55. The fourth-order valence-electron chi connectivity index (χ4n) is 4.02. The van der Waals surface area contributed by atoms with Crippen LogP contribution in [0.15, 0.2) is 29.3 Å². The second kappa shape index (κ2) is 12.3. The number of benzene rings is 1. The molecule has 3 N–H and O–H groups in total. The van der Waals surface area contributed by atoms with Crippen LogP contribution in [0.1, 0.15) is 45.1 Å². The first kappa shape index (κ1) is 24.7. The number of rotatable bonds is 5. The van der Waals surface area contributed by atoms with Crippen LogP contribution in [0.4, 0.5) is 10.5 Å². The minimum atomic E-state index is -0.00201. The van der Waals surface area contributed by atoms with Gasteiger partial charge in [-0.15, -0.1) is 24.0 Å². The number of aliphatic imine (C=N–C) groups is 1. The van der Waals surface area contributed by atoms with Crippen LogP contribution in [0.5, 0.6) is 0 Å². The normalized spacial score (nSPS) is 18.3. The summed E-state index contributed by atoms with van der Waals surface area (Å²) in [7, 11) is 1.81. The summed E-state index contributed by atoms with van der Waals surface area (Å²) in [5.74, 6) is 0.833. The Kier molecular flexibility index (Phi) is 10.2. The molecule has 0 bridgehead atoms. The van der Waals surface area contributed by atoms with Crippen LogP contribution in [0, 0.1) is 0 Å². The number of urea groups is 1. The number of guanidine groups is 1. The van der Waals surface area contributed by atoms with E-state index in [1.807, 2.05) is 30.1 Å². The van der Waals surface area contributed by atoms with E-state index in [9.17, 15) is 4.79 Å². The van der Waals surface area contributed by atoms with Gasteiger partial charge in [0.15, 0.2) is 5.96 Å². The van der Waals surface area contributed by atoms with Crippen molar-refractivity contribution in [3.63, 3.8) is 0 Å². The van der Waals surface area contributed by atoms with Crippen molar-refractivity contribution in [1.29, 1.82) is 0 Å². The molecule has 0 atom stereocenters. The molecule has 2 amide bonds. The Morgan fingerprint density at radius 1 is 1.17 bits per heavy atom. The van der Waals surface area contributed by atoms with Crippen LogP contribution in [-0.2, 0) is 6.54 Å². The summed E-state index contributed by atoms with van der Waals surface area (Å²) in [6, 6.07) is 9.08. The van der Waals surface area contributed by atoms with E-state index in [2.05, 4.69) is 45.8 Å². The first-order valence-corrected chi connectivity index (χ1v) is 10.9. The Morgan fingerprint density at radius 2 is 1.87 bits per heavy atom. The molecular formula is C22H37IN6O. The second-order valence-electron chi connectivity index (χ2n) is 8.30. The topological polar surface area (TPSA) is 72.0 Å². The molecule has 0 aromatic heterocycles. The molecule has 2 saturated heterocycles. The summed E-state index contributed by atoms with van der Waals surface area (Å²) in [6.07, 6.45) is 4.47. The van der Waals surface area contributed by atoms with E-state index in [-0.39, 0.29) is 30.0 Å². The molecule has 1 aromatic carbocycles. The number of nitrogens with zero attached hydrogens (tertiary/aromatic N) is 3. The van der Waals surface area contributed by atoms with E-state index in [1.165, 1.54) is 0 Å². The molecule has 0 unspecified atom stereocenters. The van der Waals surface area contributed by atoms with Crippen molar-refractivity contribution >= 4 is 41.7 Å². The molecule has 0 radical (unpaired) electrons. The fraction of sp³-hybridized carbons (Fsp3) is 0.636. The van der Waals surface area contributed by atoms with Gasteiger partial charge in [0.2, 0.25) is 0 Å². The average Bonchev–Trinajstić information content (AvgIpc) is 3.27. The first-order valence-electron chi connectivity index (χ1n) is 10.9. The summed E-state index contributed by atoms with van der Waals surface area (Å²) in [4.78, 5) is 21.1. The minimum Gasteiger partial charge on any atom is -0.354 e. The third kappa shape index (κ3) is 7.30. The first-order chi connectivity index (χ1) is 14.0. The maximum atomic E-state index is 12.3. The number of carbonyl (C=O) groups is 1. The van der Waals surface area contributed by atoms with Crippen molar-refractivity contribution in [3.05, 3.63) is 29.8 Å². The average molecular weight is 528 g/mol. The summed E-state index contributed by atoms with van der Waals surface area (Å²) in [5, 5.41) is 9.97. The lowest BCUT2D eigenvalue weighted by atomic mass is 10.0. The van der Waals surface area contributed by atoms with Crippen molar-refractivity contribution in [2.75, 3.05) is 38.5 Å². The molecule has 0 aliphatic carbocycles. The van der Waals surface area contributed by atoms with Crippen molar-refractivity contribution in [1.82, 2.24) is 20.4 Å². The van der Waals surface area contributed by atoms with Crippen molar-refractivity contribution in [3.8, 4) is 0 Å². The number of halogens is 1. The van der Waals surface area contributed by atoms with Gasteiger partial charge in [0.25, 0.3) is 0 Å². The van der Waals surface area contributed by atoms with Crippen LogP contribution in [0.25, 0.3) is 0 Å². The van der Waals surface area contributed by atoms with Crippen LogP contribution >= 0.6 is 24.0 Å². The van der Waals surface area contributed by atoms with E-state index >= 15 is 0 Å². The SMILES string of the molecule is CN=C(NCc1cccc(NC(=O)N2CCCC2)c1)NC1CCN(C(C)C)CC1.I.